The number of ether oxygens (including phenoxy) is 1. The Bertz CT molecular complexity index is 648. The molecule has 0 saturated heterocycles. The van der Waals surface area contributed by atoms with Gasteiger partial charge in [-0.1, -0.05) is 18.2 Å². The van der Waals surface area contributed by atoms with Crippen molar-refractivity contribution >= 4 is 17.4 Å². The summed E-state index contributed by atoms with van der Waals surface area (Å²) in [6, 6.07) is 10.1. The summed E-state index contributed by atoms with van der Waals surface area (Å²) in [4.78, 5) is 14.2. The van der Waals surface area contributed by atoms with Gasteiger partial charge in [0.15, 0.2) is 0 Å². The van der Waals surface area contributed by atoms with Gasteiger partial charge in [0.1, 0.15) is 11.9 Å². The first-order valence-electron chi connectivity index (χ1n) is 8.08. The molecule has 0 bridgehead atoms. The maximum absolute atomic E-state index is 12.1. The van der Waals surface area contributed by atoms with Crippen LogP contribution in [0.25, 0.3) is 0 Å². The maximum Gasteiger partial charge on any atom is 0.314 e. The van der Waals surface area contributed by atoms with Crippen LogP contribution in [0.1, 0.15) is 17.2 Å². The molecule has 24 heavy (non-hydrogen) atoms. The summed E-state index contributed by atoms with van der Waals surface area (Å²) in [5.41, 5.74) is 2.43. The van der Waals surface area contributed by atoms with E-state index in [0.29, 0.717) is 13.1 Å². The summed E-state index contributed by atoms with van der Waals surface area (Å²) in [6.45, 7) is 1.08. The third-order valence-corrected chi connectivity index (χ3v) is 4.91. The van der Waals surface area contributed by atoms with Gasteiger partial charge in [-0.3, -0.25) is 0 Å². The molecule has 1 aromatic carbocycles. The van der Waals surface area contributed by atoms with Crippen molar-refractivity contribution in [3.63, 3.8) is 0 Å². The maximum atomic E-state index is 12.1. The predicted octanol–water partition coefficient (Wildman–Crippen LogP) is 2.65. The number of carbonyl (C=O) groups is 1. The zero-order chi connectivity index (χ0) is 16.9. The molecule has 3 rings (SSSR count). The quantitative estimate of drug-likeness (QED) is 0.846. The standard InChI is InChI=1S/C18H23N3O2S/c1-21(2)16(14-7-8-24-12-14)11-20-18(22)19-10-15-9-13-5-3-4-6-17(13)23-15/h3-8,12,15-16H,9-11H2,1-2H3,(H2,19,20,22)/t15-,16-/m0/s1. The normalized spacial score (nSPS) is 17.2. The summed E-state index contributed by atoms with van der Waals surface area (Å²) < 4.78 is 5.83. The number of nitrogens with zero attached hydrogens (tertiary/aromatic N) is 1. The number of benzene rings is 1. The van der Waals surface area contributed by atoms with Gasteiger partial charge in [0, 0.05) is 13.0 Å². The lowest BCUT2D eigenvalue weighted by Crippen LogP contribution is -2.43. The number of thiophene rings is 1. The number of likely N-dealkylation sites (N-methyl/N-ethyl adjacent to an activating group) is 1. The Hall–Kier alpha value is -2.05. The number of rotatable bonds is 6. The Morgan fingerprint density at radius 1 is 1.33 bits per heavy atom. The van der Waals surface area contributed by atoms with Gasteiger partial charge in [0.25, 0.3) is 0 Å². The fourth-order valence-electron chi connectivity index (χ4n) is 2.89. The van der Waals surface area contributed by atoms with Crippen LogP contribution in [0.5, 0.6) is 5.75 Å². The predicted molar refractivity (Wildman–Crippen MR) is 96.7 cm³/mol. The van der Waals surface area contributed by atoms with Gasteiger partial charge in [-0.05, 0) is 48.1 Å². The van der Waals surface area contributed by atoms with E-state index >= 15 is 0 Å². The van der Waals surface area contributed by atoms with Crippen LogP contribution in [-0.4, -0.2) is 44.2 Å². The molecule has 0 fully saturated rings. The van der Waals surface area contributed by atoms with Gasteiger partial charge in [-0.2, -0.15) is 11.3 Å². The average Bonchev–Trinajstić information content (AvgIpc) is 3.22. The molecule has 2 amide bonds. The zero-order valence-electron chi connectivity index (χ0n) is 14.0. The first-order valence-corrected chi connectivity index (χ1v) is 9.02. The lowest BCUT2D eigenvalue weighted by Gasteiger charge is -2.24. The van der Waals surface area contributed by atoms with Crippen molar-refractivity contribution < 1.29 is 9.53 Å². The van der Waals surface area contributed by atoms with Crippen LogP contribution < -0.4 is 15.4 Å². The number of hydrogen-bond acceptors (Lipinski definition) is 4. The van der Waals surface area contributed by atoms with Crippen molar-refractivity contribution in [2.75, 3.05) is 27.2 Å². The number of nitrogens with one attached hydrogen (secondary N) is 2. The molecule has 1 aliphatic heterocycles. The third kappa shape index (κ3) is 4.07. The van der Waals surface area contributed by atoms with Gasteiger partial charge in [-0.25, -0.2) is 4.79 Å². The molecule has 128 valence electrons. The first-order chi connectivity index (χ1) is 11.6. The number of fused-ring (bicyclic) bond motifs is 1. The molecule has 2 heterocycles. The largest absolute Gasteiger partial charge is 0.488 e. The smallest absolute Gasteiger partial charge is 0.314 e. The monoisotopic (exact) mass is 345 g/mol. The van der Waals surface area contributed by atoms with Gasteiger partial charge in [0.05, 0.1) is 12.6 Å². The molecule has 5 nitrogen and oxygen atoms in total. The topological polar surface area (TPSA) is 53.6 Å². The van der Waals surface area contributed by atoms with E-state index in [-0.39, 0.29) is 18.2 Å². The number of amides is 2. The molecule has 2 aromatic rings. The number of carbonyl (C=O) groups excluding carboxylic acids is 1. The van der Waals surface area contributed by atoms with E-state index in [1.54, 1.807) is 11.3 Å². The molecule has 2 atom stereocenters. The van der Waals surface area contributed by atoms with E-state index in [1.165, 1.54) is 11.1 Å². The molecule has 2 N–H and O–H groups in total. The van der Waals surface area contributed by atoms with E-state index in [9.17, 15) is 4.79 Å². The van der Waals surface area contributed by atoms with Gasteiger partial charge in [0.2, 0.25) is 0 Å². The van der Waals surface area contributed by atoms with Gasteiger partial charge < -0.3 is 20.3 Å². The second-order valence-corrected chi connectivity index (χ2v) is 6.96. The van der Waals surface area contributed by atoms with E-state index in [1.807, 2.05) is 32.3 Å². The van der Waals surface area contributed by atoms with E-state index in [2.05, 4.69) is 38.4 Å². The van der Waals surface area contributed by atoms with E-state index < -0.39 is 0 Å². The van der Waals surface area contributed by atoms with Crippen molar-refractivity contribution in [3.8, 4) is 5.75 Å². The molecule has 1 aromatic heterocycles. The van der Waals surface area contributed by atoms with Crippen LogP contribution in [0.4, 0.5) is 4.79 Å². The van der Waals surface area contributed by atoms with Crippen LogP contribution >= 0.6 is 11.3 Å². The minimum atomic E-state index is -0.156. The number of para-hydroxylation sites is 1. The fourth-order valence-corrected chi connectivity index (χ4v) is 3.60. The minimum Gasteiger partial charge on any atom is -0.488 e. The second-order valence-electron chi connectivity index (χ2n) is 6.18. The van der Waals surface area contributed by atoms with Crippen LogP contribution in [-0.2, 0) is 6.42 Å². The summed E-state index contributed by atoms with van der Waals surface area (Å²) in [5.74, 6) is 0.926. The van der Waals surface area contributed by atoms with E-state index in [4.69, 9.17) is 4.74 Å². The lowest BCUT2D eigenvalue weighted by atomic mass is 10.1. The number of hydrogen-bond donors (Lipinski definition) is 2. The Balaban J connectivity index is 1.43. The molecule has 1 aliphatic rings. The van der Waals surface area contributed by atoms with Crippen LogP contribution in [0.15, 0.2) is 41.1 Å². The molecule has 0 spiro atoms. The second kappa shape index (κ2) is 7.68. The highest BCUT2D eigenvalue weighted by atomic mass is 32.1. The first kappa shape index (κ1) is 16.8. The van der Waals surface area contributed by atoms with Crippen molar-refractivity contribution in [2.24, 2.45) is 0 Å². The molecule has 0 unspecified atom stereocenters. The van der Waals surface area contributed by atoms with Crippen molar-refractivity contribution in [2.45, 2.75) is 18.6 Å². The molecular weight excluding hydrogens is 322 g/mol. The van der Waals surface area contributed by atoms with Crippen LogP contribution in [0, 0.1) is 0 Å². The lowest BCUT2D eigenvalue weighted by molar-refractivity contribution is 0.210. The summed E-state index contributed by atoms with van der Waals surface area (Å²) in [7, 11) is 4.04. The fraction of sp³-hybridized carbons (Fsp3) is 0.389. The molecule has 0 saturated carbocycles. The van der Waals surface area contributed by atoms with Crippen LogP contribution in [0.3, 0.4) is 0 Å². The SMILES string of the molecule is CN(C)[C@@H](CNC(=O)NC[C@@H]1Cc2ccccc2O1)c1ccsc1. The van der Waals surface area contributed by atoms with Crippen molar-refractivity contribution in [1.29, 1.82) is 0 Å². The van der Waals surface area contributed by atoms with Crippen LogP contribution in [0.2, 0.25) is 0 Å². The third-order valence-electron chi connectivity index (χ3n) is 4.21. The zero-order valence-corrected chi connectivity index (χ0v) is 14.8. The molecular formula is C18H23N3O2S. The Morgan fingerprint density at radius 3 is 2.88 bits per heavy atom. The highest BCUT2D eigenvalue weighted by Crippen LogP contribution is 2.27. The number of urea groups is 1. The summed E-state index contributed by atoms with van der Waals surface area (Å²) >= 11 is 1.67. The highest BCUT2D eigenvalue weighted by molar-refractivity contribution is 7.07. The van der Waals surface area contributed by atoms with Gasteiger partial charge >= 0.3 is 6.03 Å². The Kier molecular flexibility index (Phi) is 5.37. The average molecular weight is 345 g/mol. The molecule has 0 aliphatic carbocycles. The minimum absolute atomic E-state index is 0.00895. The van der Waals surface area contributed by atoms with Crippen molar-refractivity contribution in [3.05, 3.63) is 52.2 Å². The van der Waals surface area contributed by atoms with Crippen molar-refractivity contribution in [1.82, 2.24) is 15.5 Å². The summed E-state index contributed by atoms with van der Waals surface area (Å²) in [6.07, 6.45) is 0.848. The molecule has 0 radical (unpaired) electrons. The van der Waals surface area contributed by atoms with Gasteiger partial charge in [-0.15, -0.1) is 0 Å². The Labute approximate surface area is 146 Å². The van der Waals surface area contributed by atoms with E-state index in [0.717, 1.165) is 12.2 Å². The Morgan fingerprint density at radius 2 is 2.17 bits per heavy atom. The highest BCUT2D eigenvalue weighted by Gasteiger charge is 2.23. The summed E-state index contributed by atoms with van der Waals surface area (Å²) in [5, 5.41) is 10.0. The molecule has 6 heteroatoms.